The van der Waals surface area contributed by atoms with Crippen molar-refractivity contribution >= 4 is 27.9 Å². The van der Waals surface area contributed by atoms with Gasteiger partial charge in [0, 0.05) is 25.2 Å². The number of nitrogens with zero attached hydrogens (tertiary/aromatic N) is 1. The fraction of sp³-hybridized carbons (Fsp3) is 0.500. The summed E-state index contributed by atoms with van der Waals surface area (Å²) in [5.41, 5.74) is 0.545. The number of rotatable bonds is 4. The van der Waals surface area contributed by atoms with Crippen molar-refractivity contribution in [3.05, 3.63) is 29.8 Å². The van der Waals surface area contributed by atoms with E-state index in [4.69, 9.17) is 4.74 Å². The Morgan fingerprint density at radius 3 is 2.64 bits per heavy atom. The number of alkyl carbamates (subject to hydrolysis) is 1. The minimum Gasteiger partial charge on any atom is -0.444 e. The summed E-state index contributed by atoms with van der Waals surface area (Å²) in [6, 6.07) is 6.68. The molecule has 0 radical (unpaired) electrons. The molecule has 1 aliphatic heterocycles. The second kappa shape index (κ2) is 6.99. The van der Waals surface area contributed by atoms with E-state index >= 15 is 0 Å². The van der Waals surface area contributed by atoms with Crippen LogP contribution in [0, 0.1) is 0 Å². The van der Waals surface area contributed by atoms with Gasteiger partial charge in [0.25, 0.3) is 0 Å². The molecule has 0 spiro atoms. The highest BCUT2D eigenvalue weighted by molar-refractivity contribution is 7.87. The number of ether oxygens (including phenoxy) is 1. The van der Waals surface area contributed by atoms with Crippen molar-refractivity contribution in [3.8, 4) is 0 Å². The van der Waals surface area contributed by atoms with Gasteiger partial charge in [-0.05, 0) is 38.5 Å². The van der Waals surface area contributed by atoms with Gasteiger partial charge in [-0.3, -0.25) is 4.79 Å². The molecule has 0 saturated carbocycles. The minimum absolute atomic E-state index is 0.176. The Labute approximate surface area is 146 Å². The average Bonchev–Trinajstić information content (AvgIpc) is 2.86. The third-order valence-corrected chi connectivity index (χ3v) is 4.66. The Kier molecular flexibility index (Phi) is 5.36. The highest BCUT2D eigenvalue weighted by Gasteiger charge is 2.39. The highest BCUT2D eigenvalue weighted by atomic mass is 32.3. The second-order valence-electron chi connectivity index (χ2n) is 6.83. The summed E-state index contributed by atoms with van der Waals surface area (Å²) in [4.78, 5) is 24.9. The van der Waals surface area contributed by atoms with Crippen LogP contribution in [0.5, 0.6) is 0 Å². The Balaban J connectivity index is 2.04. The fourth-order valence-electron chi connectivity index (χ4n) is 2.44. The van der Waals surface area contributed by atoms with Crippen molar-refractivity contribution in [2.24, 2.45) is 0 Å². The summed E-state index contributed by atoms with van der Waals surface area (Å²) in [6.07, 6.45) is -0.946. The van der Waals surface area contributed by atoms with Crippen LogP contribution < -0.4 is 10.2 Å². The SMILES string of the molecule is CC(C)(C)OC(=O)NCc1cccc(N2CC(S(=O)(=O)F)CC2=O)c1. The molecule has 0 aromatic heterocycles. The highest BCUT2D eigenvalue weighted by Crippen LogP contribution is 2.26. The van der Waals surface area contributed by atoms with Gasteiger partial charge in [0.2, 0.25) is 5.91 Å². The maximum absolute atomic E-state index is 13.1. The van der Waals surface area contributed by atoms with Crippen molar-refractivity contribution in [2.45, 2.75) is 44.6 Å². The molecule has 1 aromatic carbocycles. The van der Waals surface area contributed by atoms with E-state index in [0.717, 1.165) is 0 Å². The van der Waals surface area contributed by atoms with Crippen LogP contribution in [0.3, 0.4) is 0 Å². The van der Waals surface area contributed by atoms with E-state index in [1.54, 1.807) is 45.0 Å². The summed E-state index contributed by atoms with van der Waals surface area (Å²) in [7, 11) is -4.76. The van der Waals surface area contributed by atoms with Gasteiger partial charge in [0.1, 0.15) is 10.9 Å². The average molecular weight is 372 g/mol. The van der Waals surface area contributed by atoms with Crippen molar-refractivity contribution in [2.75, 3.05) is 11.4 Å². The van der Waals surface area contributed by atoms with Crippen LogP contribution in [0.2, 0.25) is 0 Å². The lowest BCUT2D eigenvalue weighted by atomic mass is 10.2. The summed E-state index contributed by atoms with van der Waals surface area (Å²) in [5, 5.41) is 1.25. The van der Waals surface area contributed by atoms with E-state index < -0.39 is 33.1 Å². The Morgan fingerprint density at radius 1 is 1.40 bits per heavy atom. The second-order valence-corrected chi connectivity index (χ2v) is 8.45. The number of anilines is 1. The van der Waals surface area contributed by atoms with Crippen LogP contribution in [0.4, 0.5) is 14.4 Å². The molecule has 1 fully saturated rings. The standard InChI is InChI=1S/C16H21FN2O5S/c1-16(2,3)24-15(21)18-9-11-5-4-6-12(7-11)19-10-13(8-14(19)20)25(17,22)23/h4-7,13H,8-10H2,1-3H3,(H,18,21). The first-order chi connectivity index (χ1) is 11.5. The maximum atomic E-state index is 13.1. The maximum Gasteiger partial charge on any atom is 0.407 e. The van der Waals surface area contributed by atoms with Crippen molar-refractivity contribution in [1.82, 2.24) is 5.32 Å². The number of hydrogen-bond acceptors (Lipinski definition) is 5. The predicted octanol–water partition coefficient (Wildman–Crippen LogP) is 2.12. The number of hydrogen-bond donors (Lipinski definition) is 1. The zero-order valence-electron chi connectivity index (χ0n) is 14.3. The molecule has 1 saturated heterocycles. The third kappa shape index (κ3) is 5.42. The molecule has 1 unspecified atom stereocenters. The zero-order valence-corrected chi connectivity index (χ0v) is 15.1. The van der Waals surface area contributed by atoms with Gasteiger partial charge >= 0.3 is 16.3 Å². The van der Waals surface area contributed by atoms with E-state index in [-0.39, 0.29) is 19.5 Å². The van der Waals surface area contributed by atoms with Crippen LogP contribution in [0.1, 0.15) is 32.8 Å². The lowest BCUT2D eigenvalue weighted by Crippen LogP contribution is -2.32. The predicted molar refractivity (Wildman–Crippen MR) is 90.3 cm³/mol. The first-order valence-electron chi connectivity index (χ1n) is 7.75. The molecule has 2 amide bonds. The molecule has 1 aromatic rings. The van der Waals surface area contributed by atoms with Crippen LogP contribution in [0.25, 0.3) is 0 Å². The molecule has 9 heteroatoms. The molecule has 7 nitrogen and oxygen atoms in total. The Hall–Kier alpha value is -2.16. The fourth-order valence-corrected chi connectivity index (χ4v) is 3.10. The molecule has 1 N–H and O–H groups in total. The van der Waals surface area contributed by atoms with Gasteiger partial charge in [-0.2, -0.15) is 8.42 Å². The van der Waals surface area contributed by atoms with E-state index in [9.17, 15) is 21.9 Å². The molecular formula is C16H21FN2O5S. The van der Waals surface area contributed by atoms with Crippen LogP contribution in [-0.2, 0) is 26.3 Å². The van der Waals surface area contributed by atoms with E-state index in [0.29, 0.717) is 11.3 Å². The number of halogens is 1. The van der Waals surface area contributed by atoms with Gasteiger partial charge in [-0.25, -0.2) is 4.79 Å². The van der Waals surface area contributed by atoms with Crippen LogP contribution in [0.15, 0.2) is 24.3 Å². The van der Waals surface area contributed by atoms with E-state index in [1.165, 1.54) is 4.90 Å². The van der Waals surface area contributed by atoms with Gasteiger partial charge in [0.05, 0.1) is 0 Å². The number of carbonyl (C=O) groups excluding carboxylic acids is 2. The van der Waals surface area contributed by atoms with Gasteiger partial charge < -0.3 is 15.0 Å². The summed E-state index contributed by atoms with van der Waals surface area (Å²) in [6.45, 7) is 5.21. The van der Waals surface area contributed by atoms with Crippen molar-refractivity contribution in [1.29, 1.82) is 0 Å². The van der Waals surface area contributed by atoms with Gasteiger partial charge in [0.15, 0.2) is 0 Å². The van der Waals surface area contributed by atoms with Crippen molar-refractivity contribution < 1.29 is 26.6 Å². The topological polar surface area (TPSA) is 92.8 Å². The molecule has 1 heterocycles. The largest absolute Gasteiger partial charge is 0.444 e. The first-order valence-corrected chi connectivity index (χ1v) is 9.20. The van der Waals surface area contributed by atoms with E-state index in [2.05, 4.69) is 5.32 Å². The number of benzene rings is 1. The molecule has 25 heavy (non-hydrogen) atoms. The van der Waals surface area contributed by atoms with Gasteiger partial charge in [-0.15, -0.1) is 3.89 Å². The third-order valence-electron chi connectivity index (χ3n) is 3.55. The van der Waals surface area contributed by atoms with Crippen LogP contribution in [-0.4, -0.2) is 37.8 Å². The normalized spacial score (nSPS) is 18.3. The number of carbonyl (C=O) groups is 2. The van der Waals surface area contributed by atoms with Crippen molar-refractivity contribution in [3.63, 3.8) is 0 Å². The lowest BCUT2D eigenvalue weighted by molar-refractivity contribution is -0.117. The molecule has 2 rings (SSSR count). The summed E-state index contributed by atoms with van der Waals surface area (Å²) < 4.78 is 40.3. The smallest absolute Gasteiger partial charge is 0.407 e. The molecule has 138 valence electrons. The quantitative estimate of drug-likeness (QED) is 0.817. The van der Waals surface area contributed by atoms with Gasteiger partial charge in [-0.1, -0.05) is 12.1 Å². The molecular weight excluding hydrogens is 351 g/mol. The summed E-state index contributed by atoms with van der Waals surface area (Å²) >= 11 is 0. The summed E-state index contributed by atoms with van der Waals surface area (Å²) in [5.74, 6) is -0.455. The zero-order chi connectivity index (χ0) is 18.8. The van der Waals surface area contributed by atoms with E-state index in [1.807, 2.05) is 0 Å². The minimum atomic E-state index is -4.76. The van der Waals surface area contributed by atoms with Crippen LogP contribution >= 0.6 is 0 Å². The molecule has 0 bridgehead atoms. The molecule has 0 aliphatic carbocycles. The Bertz CT molecular complexity index is 773. The molecule has 1 aliphatic rings. The lowest BCUT2D eigenvalue weighted by Gasteiger charge is -2.20. The Morgan fingerprint density at radius 2 is 2.08 bits per heavy atom. The first kappa shape index (κ1) is 19.2. The molecule has 1 atom stereocenters. The number of nitrogens with one attached hydrogen (secondary N) is 1. The number of amides is 2. The monoisotopic (exact) mass is 372 g/mol.